The molecule has 1 aliphatic rings. The smallest absolute Gasteiger partial charge is 0.226 e. The van der Waals surface area contributed by atoms with Gasteiger partial charge in [-0.25, -0.2) is 0 Å². The van der Waals surface area contributed by atoms with E-state index in [1.165, 1.54) is 10.2 Å². The molecule has 3 atom stereocenters. The predicted molar refractivity (Wildman–Crippen MR) is 104 cm³/mol. The molecule has 29 heavy (non-hydrogen) atoms. The number of nitrogens with one attached hydrogen (secondary N) is 1. The van der Waals surface area contributed by atoms with Crippen LogP contribution >= 0.6 is 0 Å². The molecule has 0 saturated heterocycles. The number of aromatic nitrogens is 4. The summed E-state index contributed by atoms with van der Waals surface area (Å²) in [5.74, 6) is 1.22. The van der Waals surface area contributed by atoms with Crippen molar-refractivity contribution in [1.29, 1.82) is 0 Å². The number of hydrogen-bond donors (Lipinski definition) is 4. The standard InChI is InChI=1S/C20H25N5O4/c1-2-18-23-19(24-29-18)13-3-5-16-12(7-13)4-6-17(16)22-20(28)14-8-21-25(9-14)10-15(27)11-26/h3,5,7-9,15,17,20,22,26-28H,2,4,6,10-11H2,1H3/t15-,17-,20?/m1/s1. The van der Waals surface area contributed by atoms with Crippen LogP contribution in [0.25, 0.3) is 11.4 Å². The molecule has 0 saturated carbocycles. The minimum atomic E-state index is -0.880. The van der Waals surface area contributed by atoms with E-state index in [0.29, 0.717) is 23.7 Å². The molecule has 1 unspecified atom stereocenters. The van der Waals surface area contributed by atoms with Gasteiger partial charge in [0.25, 0.3) is 0 Å². The van der Waals surface area contributed by atoms with Crippen molar-refractivity contribution >= 4 is 0 Å². The lowest BCUT2D eigenvalue weighted by atomic mass is 10.0. The van der Waals surface area contributed by atoms with Crippen LogP contribution in [0.2, 0.25) is 0 Å². The Labute approximate surface area is 168 Å². The van der Waals surface area contributed by atoms with Crippen molar-refractivity contribution in [2.75, 3.05) is 6.61 Å². The van der Waals surface area contributed by atoms with Crippen LogP contribution in [0, 0.1) is 0 Å². The van der Waals surface area contributed by atoms with Gasteiger partial charge in [0, 0.05) is 29.8 Å². The zero-order valence-corrected chi connectivity index (χ0v) is 16.2. The summed E-state index contributed by atoms with van der Waals surface area (Å²) in [5.41, 5.74) is 3.89. The monoisotopic (exact) mass is 399 g/mol. The molecule has 0 amide bonds. The number of nitrogens with zero attached hydrogens (tertiary/aromatic N) is 4. The molecule has 2 aromatic heterocycles. The van der Waals surface area contributed by atoms with E-state index in [1.807, 2.05) is 19.1 Å². The maximum Gasteiger partial charge on any atom is 0.226 e. The number of aliphatic hydroxyl groups is 3. The topological polar surface area (TPSA) is 129 Å². The maximum atomic E-state index is 10.6. The molecule has 9 heteroatoms. The lowest BCUT2D eigenvalue weighted by molar-refractivity contribution is 0.0780. The van der Waals surface area contributed by atoms with Gasteiger partial charge in [0.15, 0.2) is 0 Å². The van der Waals surface area contributed by atoms with Crippen molar-refractivity contribution < 1.29 is 19.8 Å². The van der Waals surface area contributed by atoms with Gasteiger partial charge in [0.2, 0.25) is 11.7 Å². The molecular formula is C20H25N5O4. The van der Waals surface area contributed by atoms with Gasteiger partial charge in [-0.2, -0.15) is 10.1 Å². The van der Waals surface area contributed by atoms with E-state index in [1.54, 1.807) is 12.4 Å². The van der Waals surface area contributed by atoms with Gasteiger partial charge < -0.3 is 19.8 Å². The molecule has 9 nitrogen and oxygen atoms in total. The maximum absolute atomic E-state index is 10.6. The normalized spacial score (nSPS) is 18.0. The average molecular weight is 399 g/mol. The molecule has 1 aromatic carbocycles. The van der Waals surface area contributed by atoms with Crippen molar-refractivity contribution in [3.05, 3.63) is 53.2 Å². The lowest BCUT2D eigenvalue weighted by Gasteiger charge is -2.18. The second-order valence-electron chi connectivity index (χ2n) is 7.27. The fraction of sp³-hybridized carbons (Fsp3) is 0.450. The summed E-state index contributed by atoms with van der Waals surface area (Å²) >= 11 is 0. The lowest BCUT2D eigenvalue weighted by Crippen LogP contribution is -2.24. The summed E-state index contributed by atoms with van der Waals surface area (Å²) in [6.07, 6.45) is 3.94. The van der Waals surface area contributed by atoms with Crippen LogP contribution in [0.5, 0.6) is 0 Å². The minimum Gasteiger partial charge on any atom is -0.394 e. The van der Waals surface area contributed by atoms with Crippen molar-refractivity contribution in [3.63, 3.8) is 0 Å². The number of hydrogen-bond acceptors (Lipinski definition) is 8. The van der Waals surface area contributed by atoms with Gasteiger partial charge in [0.1, 0.15) is 6.23 Å². The Morgan fingerprint density at radius 1 is 1.34 bits per heavy atom. The van der Waals surface area contributed by atoms with Crippen LogP contribution in [0.1, 0.15) is 48.2 Å². The Hall–Kier alpha value is -2.59. The van der Waals surface area contributed by atoms with E-state index in [4.69, 9.17) is 9.63 Å². The third-order valence-electron chi connectivity index (χ3n) is 5.19. The highest BCUT2D eigenvalue weighted by atomic mass is 16.5. The molecule has 1 aliphatic carbocycles. The van der Waals surface area contributed by atoms with Crippen LogP contribution in [-0.2, 0) is 19.4 Å². The fourth-order valence-electron chi connectivity index (χ4n) is 3.63. The second-order valence-corrected chi connectivity index (χ2v) is 7.27. The third-order valence-corrected chi connectivity index (χ3v) is 5.19. The Kier molecular flexibility index (Phi) is 5.72. The van der Waals surface area contributed by atoms with E-state index in [2.05, 4.69) is 26.6 Å². The van der Waals surface area contributed by atoms with Crippen LogP contribution in [-0.4, -0.2) is 48.0 Å². The van der Waals surface area contributed by atoms with E-state index in [9.17, 15) is 10.2 Å². The van der Waals surface area contributed by atoms with E-state index in [-0.39, 0.29) is 19.2 Å². The van der Waals surface area contributed by atoms with Gasteiger partial charge >= 0.3 is 0 Å². The van der Waals surface area contributed by atoms with Crippen molar-refractivity contribution in [1.82, 2.24) is 25.2 Å². The predicted octanol–water partition coefficient (Wildman–Crippen LogP) is 1.12. The number of rotatable bonds is 8. The summed E-state index contributed by atoms with van der Waals surface area (Å²) in [6.45, 7) is 1.81. The van der Waals surface area contributed by atoms with Crippen LogP contribution in [0.4, 0.5) is 0 Å². The van der Waals surface area contributed by atoms with Gasteiger partial charge in [0.05, 0.1) is 25.5 Å². The summed E-state index contributed by atoms with van der Waals surface area (Å²) < 4.78 is 6.70. The van der Waals surface area contributed by atoms with Gasteiger partial charge in [-0.05, 0) is 30.0 Å². The van der Waals surface area contributed by atoms with Gasteiger partial charge in [-0.15, -0.1) is 0 Å². The van der Waals surface area contributed by atoms with Gasteiger partial charge in [-0.1, -0.05) is 24.2 Å². The number of aryl methyl sites for hydroxylation is 2. The first-order valence-electron chi connectivity index (χ1n) is 9.78. The minimum absolute atomic E-state index is 0.0249. The Morgan fingerprint density at radius 2 is 2.21 bits per heavy atom. The largest absolute Gasteiger partial charge is 0.394 e. The zero-order valence-electron chi connectivity index (χ0n) is 16.2. The SMILES string of the molecule is CCc1nc(-c2ccc3c(c2)CC[C@H]3NC(O)c2cnn(C[C@@H](O)CO)c2)no1. The highest BCUT2D eigenvalue weighted by Gasteiger charge is 2.26. The summed E-state index contributed by atoms with van der Waals surface area (Å²) in [4.78, 5) is 4.38. The van der Waals surface area contributed by atoms with Crippen LogP contribution < -0.4 is 5.32 Å². The van der Waals surface area contributed by atoms with E-state index in [0.717, 1.165) is 24.0 Å². The van der Waals surface area contributed by atoms with Crippen LogP contribution in [0.3, 0.4) is 0 Å². The van der Waals surface area contributed by atoms with Crippen molar-refractivity contribution in [2.45, 2.75) is 51.1 Å². The first-order valence-corrected chi connectivity index (χ1v) is 9.78. The quantitative estimate of drug-likeness (QED) is 0.415. The van der Waals surface area contributed by atoms with Crippen molar-refractivity contribution in [2.24, 2.45) is 0 Å². The number of fused-ring (bicyclic) bond motifs is 1. The number of aliphatic hydroxyl groups excluding tert-OH is 3. The molecule has 0 fully saturated rings. The first kappa shape index (κ1) is 19.7. The Bertz CT molecular complexity index is 969. The summed E-state index contributed by atoms with van der Waals surface area (Å²) in [7, 11) is 0. The molecule has 4 N–H and O–H groups in total. The molecule has 0 spiro atoms. The Morgan fingerprint density at radius 3 is 2.97 bits per heavy atom. The Balaban J connectivity index is 1.44. The summed E-state index contributed by atoms with van der Waals surface area (Å²) in [5, 5.41) is 40.4. The molecule has 3 aromatic rings. The zero-order chi connectivity index (χ0) is 20.4. The highest BCUT2D eigenvalue weighted by Crippen LogP contribution is 2.35. The first-order chi connectivity index (χ1) is 14.1. The molecular weight excluding hydrogens is 374 g/mol. The number of benzene rings is 1. The van der Waals surface area contributed by atoms with Crippen molar-refractivity contribution in [3.8, 4) is 11.4 Å². The second kappa shape index (κ2) is 8.42. The third kappa shape index (κ3) is 4.23. The molecule has 0 bridgehead atoms. The average Bonchev–Trinajstić information content (AvgIpc) is 3.47. The van der Waals surface area contributed by atoms with E-state index >= 15 is 0 Å². The summed E-state index contributed by atoms with van der Waals surface area (Å²) in [6, 6.07) is 6.13. The molecule has 2 heterocycles. The fourth-order valence-corrected chi connectivity index (χ4v) is 3.63. The molecule has 0 radical (unpaired) electrons. The molecule has 154 valence electrons. The van der Waals surface area contributed by atoms with Gasteiger partial charge in [-0.3, -0.25) is 10.00 Å². The molecule has 4 rings (SSSR count). The van der Waals surface area contributed by atoms with E-state index < -0.39 is 12.3 Å². The highest BCUT2D eigenvalue weighted by molar-refractivity contribution is 5.58. The van der Waals surface area contributed by atoms with Crippen LogP contribution in [0.15, 0.2) is 35.1 Å². The molecule has 0 aliphatic heterocycles.